The van der Waals surface area contributed by atoms with Crippen LogP contribution in [0.5, 0.6) is 0 Å². The maximum atomic E-state index is 13.4. The molecule has 0 saturated carbocycles. The van der Waals surface area contributed by atoms with Crippen molar-refractivity contribution in [3.63, 3.8) is 0 Å². The summed E-state index contributed by atoms with van der Waals surface area (Å²) in [5.74, 6) is -1.08. The molecule has 0 amide bonds. The summed E-state index contributed by atoms with van der Waals surface area (Å²) in [5, 5.41) is 9.54. The van der Waals surface area contributed by atoms with Crippen molar-refractivity contribution in [3.05, 3.63) is 29.3 Å². The van der Waals surface area contributed by atoms with Crippen LogP contribution in [0.3, 0.4) is 0 Å². The summed E-state index contributed by atoms with van der Waals surface area (Å²) in [4.78, 5) is 0.246. The van der Waals surface area contributed by atoms with E-state index < -0.39 is 17.2 Å². The molecule has 0 fully saturated rings. The van der Waals surface area contributed by atoms with Gasteiger partial charge in [-0.1, -0.05) is 0 Å². The zero-order chi connectivity index (χ0) is 10.9. The van der Waals surface area contributed by atoms with Gasteiger partial charge in [0.05, 0.1) is 5.60 Å². The van der Waals surface area contributed by atoms with Crippen LogP contribution in [0.25, 0.3) is 0 Å². The Morgan fingerprint density at radius 2 is 1.79 bits per heavy atom. The van der Waals surface area contributed by atoms with E-state index in [0.717, 1.165) is 23.9 Å². The predicted octanol–water partition coefficient (Wildman–Crippen LogP) is 2.91. The van der Waals surface area contributed by atoms with Gasteiger partial charge in [-0.3, -0.25) is 0 Å². The largest absolute Gasteiger partial charge is 0.386 e. The van der Waals surface area contributed by atoms with E-state index in [1.54, 1.807) is 6.26 Å². The fraction of sp³-hybridized carbons (Fsp3) is 0.400. The predicted molar refractivity (Wildman–Crippen MR) is 53.4 cm³/mol. The van der Waals surface area contributed by atoms with Gasteiger partial charge < -0.3 is 5.11 Å². The molecule has 1 nitrogen and oxygen atoms in total. The minimum atomic E-state index is -1.36. The van der Waals surface area contributed by atoms with Crippen LogP contribution in [-0.4, -0.2) is 11.4 Å². The number of hydrogen-bond donors (Lipinski definition) is 1. The Hall–Kier alpha value is -0.610. The molecule has 1 aromatic carbocycles. The molecular formula is C10H12F2OS. The van der Waals surface area contributed by atoms with Crippen molar-refractivity contribution in [1.29, 1.82) is 0 Å². The molecule has 1 aromatic rings. The maximum Gasteiger partial charge on any atom is 0.137 e. The monoisotopic (exact) mass is 218 g/mol. The first-order valence-electron chi connectivity index (χ1n) is 4.12. The molecule has 0 atom stereocenters. The van der Waals surface area contributed by atoms with Gasteiger partial charge in [-0.25, -0.2) is 8.78 Å². The SMILES string of the molecule is CSc1cc(F)c(C(C)(C)O)cc1F. The molecule has 0 aliphatic heterocycles. The minimum Gasteiger partial charge on any atom is -0.386 e. The highest BCUT2D eigenvalue weighted by molar-refractivity contribution is 7.98. The van der Waals surface area contributed by atoms with Crippen molar-refractivity contribution < 1.29 is 13.9 Å². The fourth-order valence-electron chi connectivity index (χ4n) is 1.15. The average molecular weight is 218 g/mol. The number of hydrogen-bond acceptors (Lipinski definition) is 2. The van der Waals surface area contributed by atoms with Gasteiger partial charge in [-0.2, -0.15) is 0 Å². The van der Waals surface area contributed by atoms with Crippen molar-refractivity contribution in [2.75, 3.05) is 6.26 Å². The number of rotatable bonds is 2. The zero-order valence-corrected chi connectivity index (χ0v) is 9.08. The Morgan fingerprint density at radius 1 is 1.21 bits per heavy atom. The molecule has 78 valence electrons. The van der Waals surface area contributed by atoms with E-state index in [1.807, 2.05) is 0 Å². The summed E-state index contributed by atoms with van der Waals surface area (Å²) in [7, 11) is 0. The third-order valence-corrected chi connectivity index (χ3v) is 2.65. The van der Waals surface area contributed by atoms with Gasteiger partial charge in [0.2, 0.25) is 0 Å². The highest BCUT2D eigenvalue weighted by Crippen LogP contribution is 2.28. The fourth-order valence-corrected chi connectivity index (χ4v) is 1.63. The van der Waals surface area contributed by atoms with Crippen LogP contribution in [0.2, 0.25) is 0 Å². The molecule has 0 saturated heterocycles. The first kappa shape index (κ1) is 11.5. The first-order chi connectivity index (χ1) is 6.36. The molecule has 0 aliphatic carbocycles. The lowest BCUT2D eigenvalue weighted by Crippen LogP contribution is -2.18. The van der Waals surface area contributed by atoms with Crippen molar-refractivity contribution in [1.82, 2.24) is 0 Å². The molecule has 1 rings (SSSR count). The van der Waals surface area contributed by atoms with Gasteiger partial charge in [-0.05, 0) is 32.2 Å². The van der Waals surface area contributed by atoms with Gasteiger partial charge >= 0.3 is 0 Å². The molecule has 0 aromatic heterocycles. The summed E-state index contributed by atoms with van der Waals surface area (Å²) in [6.07, 6.45) is 1.67. The number of halogens is 2. The van der Waals surface area contributed by atoms with Crippen molar-refractivity contribution in [2.24, 2.45) is 0 Å². The molecule has 0 unspecified atom stereocenters. The second-order valence-electron chi connectivity index (χ2n) is 3.53. The topological polar surface area (TPSA) is 20.2 Å². The van der Waals surface area contributed by atoms with E-state index in [4.69, 9.17) is 0 Å². The van der Waals surface area contributed by atoms with Crippen molar-refractivity contribution in [3.8, 4) is 0 Å². The van der Waals surface area contributed by atoms with Crippen LogP contribution in [0.4, 0.5) is 8.78 Å². The van der Waals surface area contributed by atoms with Gasteiger partial charge in [0, 0.05) is 10.5 Å². The average Bonchev–Trinajstić information content (AvgIpc) is 2.06. The zero-order valence-electron chi connectivity index (χ0n) is 8.27. The standard InChI is InChI=1S/C10H12F2OS/c1-10(2,13)6-4-8(12)9(14-3)5-7(6)11/h4-5,13H,1-3H3. The second kappa shape index (κ2) is 3.87. The highest BCUT2D eigenvalue weighted by Gasteiger charge is 2.22. The quantitative estimate of drug-likeness (QED) is 0.770. The Labute approximate surface area is 86.1 Å². The normalized spacial score (nSPS) is 11.9. The molecule has 0 radical (unpaired) electrons. The van der Waals surface area contributed by atoms with Gasteiger partial charge in [-0.15, -0.1) is 11.8 Å². The molecule has 0 aliphatic rings. The summed E-state index contributed by atoms with van der Waals surface area (Å²) in [5.41, 5.74) is -1.38. The summed E-state index contributed by atoms with van der Waals surface area (Å²) in [6, 6.07) is 2.15. The molecule has 0 spiro atoms. The minimum absolute atomic E-state index is 0.0206. The first-order valence-corrected chi connectivity index (χ1v) is 5.34. The van der Waals surface area contributed by atoms with E-state index in [1.165, 1.54) is 13.8 Å². The number of aliphatic hydroxyl groups is 1. The van der Waals surface area contributed by atoms with Gasteiger partial charge in [0.15, 0.2) is 0 Å². The van der Waals surface area contributed by atoms with E-state index in [-0.39, 0.29) is 10.5 Å². The Kier molecular flexibility index (Phi) is 3.17. The number of thioether (sulfide) groups is 1. The Bertz CT molecular complexity index is 345. The van der Waals surface area contributed by atoms with Crippen molar-refractivity contribution >= 4 is 11.8 Å². The van der Waals surface area contributed by atoms with Crippen LogP contribution in [-0.2, 0) is 5.60 Å². The van der Waals surface area contributed by atoms with E-state index >= 15 is 0 Å². The van der Waals surface area contributed by atoms with Crippen LogP contribution in [0.15, 0.2) is 17.0 Å². The summed E-state index contributed by atoms with van der Waals surface area (Å²) in [6.45, 7) is 2.84. The summed E-state index contributed by atoms with van der Waals surface area (Å²) < 4.78 is 26.6. The van der Waals surface area contributed by atoms with E-state index in [9.17, 15) is 13.9 Å². The van der Waals surface area contributed by atoms with E-state index in [2.05, 4.69) is 0 Å². The Balaban J connectivity index is 3.29. The Morgan fingerprint density at radius 3 is 2.21 bits per heavy atom. The summed E-state index contributed by atoms with van der Waals surface area (Å²) >= 11 is 1.13. The lowest BCUT2D eigenvalue weighted by atomic mass is 9.98. The lowest BCUT2D eigenvalue weighted by molar-refractivity contribution is 0.0740. The second-order valence-corrected chi connectivity index (χ2v) is 4.37. The van der Waals surface area contributed by atoms with E-state index in [0.29, 0.717) is 0 Å². The van der Waals surface area contributed by atoms with Gasteiger partial charge in [0.25, 0.3) is 0 Å². The smallest absolute Gasteiger partial charge is 0.137 e. The van der Waals surface area contributed by atoms with Crippen LogP contribution < -0.4 is 0 Å². The third-order valence-electron chi connectivity index (χ3n) is 1.90. The lowest BCUT2D eigenvalue weighted by Gasteiger charge is -2.19. The van der Waals surface area contributed by atoms with Gasteiger partial charge in [0.1, 0.15) is 11.6 Å². The molecule has 1 N–H and O–H groups in total. The number of benzene rings is 1. The maximum absolute atomic E-state index is 13.4. The highest BCUT2D eigenvalue weighted by atomic mass is 32.2. The third kappa shape index (κ3) is 2.25. The van der Waals surface area contributed by atoms with Crippen LogP contribution >= 0.6 is 11.8 Å². The molecule has 14 heavy (non-hydrogen) atoms. The molecular weight excluding hydrogens is 206 g/mol. The van der Waals surface area contributed by atoms with Crippen LogP contribution in [0, 0.1) is 11.6 Å². The van der Waals surface area contributed by atoms with Crippen molar-refractivity contribution in [2.45, 2.75) is 24.3 Å². The molecule has 0 heterocycles. The molecule has 4 heteroatoms. The molecule has 0 bridgehead atoms. The van der Waals surface area contributed by atoms with Crippen LogP contribution in [0.1, 0.15) is 19.4 Å².